The van der Waals surface area contributed by atoms with E-state index in [1.165, 1.54) is 22.4 Å². The van der Waals surface area contributed by atoms with E-state index in [4.69, 9.17) is 5.11 Å². The smallest absolute Gasteiger partial charge is 0.309 e. The van der Waals surface area contributed by atoms with E-state index in [0.29, 0.717) is 11.4 Å². The van der Waals surface area contributed by atoms with E-state index in [2.05, 4.69) is 54.9 Å². The molecule has 0 radical (unpaired) electrons. The molecule has 1 N–H and O–H groups in total. The van der Waals surface area contributed by atoms with Crippen molar-refractivity contribution in [1.29, 1.82) is 0 Å². The summed E-state index contributed by atoms with van der Waals surface area (Å²) in [6.07, 6.45) is 1.97. The molecule has 3 rings (SSSR count). The fourth-order valence-corrected chi connectivity index (χ4v) is 4.59. The van der Waals surface area contributed by atoms with Crippen LogP contribution in [0.15, 0.2) is 29.2 Å². The summed E-state index contributed by atoms with van der Waals surface area (Å²) in [7, 11) is 0. The van der Waals surface area contributed by atoms with Crippen molar-refractivity contribution in [1.82, 2.24) is 10.2 Å². The summed E-state index contributed by atoms with van der Waals surface area (Å²) in [6.45, 7) is 6.73. The molecule has 0 saturated heterocycles. The number of aliphatic carboxylic acids is 1. The first-order valence-electron chi connectivity index (χ1n) is 8.75. The Morgan fingerprint density at radius 3 is 2.73 bits per heavy atom. The third-order valence-electron chi connectivity index (χ3n) is 4.68. The van der Waals surface area contributed by atoms with Crippen LogP contribution in [0.5, 0.6) is 0 Å². The number of aromatic nitrogens is 2. The number of aryl methyl sites for hydroxylation is 1. The van der Waals surface area contributed by atoms with Gasteiger partial charge in [0.2, 0.25) is 0 Å². The van der Waals surface area contributed by atoms with Gasteiger partial charge in [0.25, 0.3) is 0 Å². The van der Waals surface area contributed by atoms with Crippen LogP contribution in [0.4, 0.5) is 0 Å². The number of carbonyl (C=O) groups is 1. The number of hydrogen-bond donors (Lipinski definition) is 1. The van der Waals surface area contributed by atoms with E-state index >= 15 is 0 Å². The highest BCUT2D eigenvalue weighted by Gasteiger charge is 2.28. The average Bonchev–Trinajstić information content (AvgIpc) is 2.60. The largest absolute Gasteiger partial charge is 0.481 e. The molecule has 0 aliphatic carbocycles. The van der Waals surface area contributed by atoms with Crippen molar-refractivity contribution in [3.05, 3.63) is 52.3 Å². The first kappa shape index (κ1) is 18.5. The van der Waals surface area contributed by atoms with Gasteiger partial charge in [0.05, 0.1) is 12.1 Å². The van der Waals surface area contributed by atoms with Crippen LogP contribution >= 0.6 is 11.8 Å². The molecule has 1 aliphatic rings. The maximum Gasteiger partial charge on any atom is 0.309 e. The Labute approximate surface area is 158 Å². The van der Waals surface area contributed by atoms with Crippen LogP contribution in [0.1, 0.15) is 55.3 Å². The van der Waals surface area contributed by atoms with E-state index in [0.717, 1.165) is 17.7 Å². The highest BCUT2D eigenvalue weighted by Crippen LogP contribution is 2.42. The lowest BCUT2D eigenvalue weighted by molar-refractivity contribution is -0.136. The minimum absolute atomic E-state index is 0.127. The van der Waals surface area contributed by atoms with Gasteiger partial charge in [-0.25, -0.2) is 0 Å². The molecule has 0 fully saturated rings. The molecule has 26 heavy (non-hydrogen) atoms. The highest BCUT2D eigenvalue weighted by molar-refractivity contribution is 7.99. The van der Waals surface area contributed by atoms with Crippen LogP contribution in [0.2, 0.25) is 0 Å². The number of rotatable bonds is 3. The second kappa shape index (κ2) is 7.51. The number of nitrogens with zero attached hydrogens (tertiary/aromatic N) is 2. The Hall–Kier alpha value is -2.32. The molecule has 5 heteroatoms. The van der Waals surface area contributed by atoms with E-state index < -0.39 is 5.97 Å². The molecule has 0 unspecified atom stereocenters. The van der Waals surface area contributed by atoms with Gasteiger partial charge in [-0.15, -0.1) is 16.9 Å². The Morgan fingerprint density at radius 1 is 1.27 bits per heavy atom. The van der Waals surface area contributed by atoms with Crippen LogP contribution in [0.3, 0.4) is 0 Å². The second-order valence-corrected chi connectivity index (χ2v) is 8.21. The number of benzene rings is 1. The zero-order chi connectivity index (χ0) is 18.7. The summed E-state index contributed by atoms with van der Waals surface area (Å²) in [5, 5.41) is 16.7. The van der Waals surface area contributed by atoms with Crippen LogP contribution in [0, 0.1) is 11.8 Å². The maximum atomic E-state index is 10.7. The maximum absolute atomic E-state index is 10.7. The van der Waals surface area contributed by atoms with Crippen LogP contribution < -0.4 is 0 Å². The van der Waals surface area contributed by atoms with Crippen molar-refractivity contribution >= 4 is 17.7 Å². The summed E-state index contributed by atoms with van der Waals surface area (Å²) in [5.41, 5.74) is 4.81. The third kappa shape index (κ3) is 4.08. The van der Waals surface area contributed by atoms with Gasteiger partial charge in [0.15, 0.2) is 0 Å². The van der Waals surface area contributed by atoms with Crippen molar-refractivity contribution in [3.8, 4) is 11.8 Å². The fraction of sp³-hybridized carbons (Fsp3) is 0.381. The molecule has 0 atom stereocenters. The molecular weight excluding hydrogens is 344 g/mol. The number of hydrogen-bond acceptors (Lipinski definition) is 4. The molecule has 2 aromatic rings. The molecule has 1 aromatic heterocycles. The third-order valence-corrected chi connectivity index (χ3v) is 5.73. The van der Waals surface area contributed by atoms with E-state index in [1.54, 1.807) is 12.1 Å². The summed E-state index contributed by atoms with van der Waals surface area (Å²) in [6, 6.07) is 7.91. The molecule has 2 heterocycles. The standard InChI is InChI=1S/C21H22N2O2S/c1-4-14-12-19-18(21(2,3)9-10-26-19)11-15(14)5-6-16-7-8-17(23-22-16)13-20(24)25/h7-8,11-12H,4,9-10,13H2,1-3H3,(H,24,25). The Balaban J connectivity index is 1.93. The molecule has 0 spiro atoms. The van der Waals surface area contributed by atoms with Gasteiger partial charge in [-0.3, -0.25) is 4.79 Å². The summed E-state index contributed by atoms with van der Waals surface area (Å²) in [5.74, 6) is 6.57. The minimum Gasteiger partial charge on any atom is -0.481 e. The van der Waals surface area contributed by atoms with Gasteiger partial charge in [0, 0.05) is 10.5 Å². The van der Waals surface area contributed by atoms with Crippen molar-refractivity contribution in [3.63, 3.8) is 0 Å². The predicted octanol–water partition coefficient (Wildman–Crippen LogP) is 3.84. The van der Waals surface area contributed by atoms with Crippen molar-refractivity contribution in [2.24, 2.45) is 0 Å². The van der Waals surface area contributed by atoms with Crippen LogP contribution in [-0.2, 0) is 23.1 Å². The lowest BCUT2D eigenvalue weighted by atomic mass is 9.80. The molecule has 0 saturated carbocycles. The first-order chi connectivity index (χ1) is 12.4. The van der Waals surface area contributed by atoms with Gasteiger partial charge in [-0.1, -0.05) is 26.7 Å². The first-order valence-corrected chi connectivity index (χ1v) is 9.74. The molecule has 0 bridgehead atoms. The van der Waals surface area contributed by atoms with Gasteiger partial charge >= 0.3 is 5.97 Å². The molecule has 0 amide bonds. The lowest BCUT2D eigenvalue weighted by Gasteiger charge is -2.32. The molecule has 4 nitrogen and oxygen atoms in total. The lowest BCUT2D eigenvalue weighted by Crippen LogP contribution is -2.23. The van der Waals surface area contributed by atoms with Gasteiger partial charge in [0.1, 0.15) is 5.69 Å². The quantitative estimate of drug-likeness (QED) is 0.836. The zero-order valence-corrected chi connectivity index (χ0v) is 16.1. The number of thioether (sulfide) groups is 1. The zero-order valence-electron chi connectivity index (χ0n) is 15.3. The topological polar surface area (TPSA) is 63.1 Å². The Morgan fingerprint density at radius 2 is 2.08 bits per heavy atom. The molecule has 134 valence electrons. The van der Waals surface area contributed by atoms with E-state index in [-0.39, 0.29) is 11.8 Å². The Bertz CT molecular complexity index is 893. The Kier molecular flexibility index (Phi) is 5.33. The fourth-order valence-electron chi connectivity index (χ4n) is 3.04. The average molecular weight is 366 g/mol. The highest BCUT2D eigenvalue weighted by atomic mass is 32.2. The van der Waals surface area contributed by atoms with Gasteiger partial charge < -0.3 is 5.11 Å². The summed E-state index contributed by atoms with van der Waals surface area (Å²) >= 11 is 1.93. The normalized spacial score (nSPS) is 14.9. The molecule has 1 aliphatic heterocycles. The number of fused-ring (bicyclic) bond motifs is 1. The van der Waals surface area contributed by atoms with Gasteiger partial charge in [-0.2, -0.15) is 5.10 Å². The summed E-state index contributed by atoms with van der Waals surface area (Å²) in [4.78, 5) is 12.1. The van der Waals surface area contributed by atoms with Crippen molar-refractivity contribution in [2.75, 3.05) is 5.75 Å². The van der Waals surface area contributed by atoms with Crippen molar-refractivity contribution in [2.45, 2.75) is 50.3 Å². The van der Waals surface area contributed by atoms with E-state index in [1.807, 2.05) is 11.8 Å². The van der Waals surface area contributed by atoms with Gasteiger partial charge in [-0.05, 0) is 65.3 Å². The molecular formula is C21H22N2O2S. The molecule has 1 aromatic carbocycles. The second-order valence-electron chi connectivity index (χ2n) is 7.07. The van der Waals surface area contributed by atoms with Crippen LogP contribution in [-0.4, -0.2) is 27.0 Å². The van der Waals surface area contributed by atoms with Crippen molar-refractivity contribution < 1.29 is 9.90 Å². The summed E-state index contributed by atoms with van der Waals surface area (Å²) < 4.78 is 0. The number of carboxylic acids is 1. The minimum atomic E-state index is -0.916. The predicted molar refractivity (Wildman–Crippen MR) is 104 cm³/mol. The van der Waals surface area contributed by atoms with Crippen LogP contribution in [0.25, 0.3) is 0 Å². The van der Waals surface area contributed by atoms with E-state index in [9.17, 15) is 4.79 Å². The SMILES string of the molecule is CCc1cc2c(cc1C#Cc1ccc(CC(=O)O)nn1)C(C)(C)CCS2. The monoisotopic (exact) mass is 366 g/mol. The number of carboxylic acid groups (broad SMARTS) is 1.